The van der Waals surface area contributed by atoms with Crippen molar-refractivity contribution < 1.29 is 13.9 Å². The first kappa shape index (κ1) is 15.2. The molecule has 21 heavy (non-hydrogen) atoms. The van der Waals surface area contributed by atoms with Gasteiger partial charge in [-0.1, -0.05) is 0 Å². The smallest absolute Gasteiger partial charge is 0.327 e. The number of ether oxygens (including phenoxy) is 1. The molecule has 2 aromatic rings. The highest BCUT2D eigenvalue weighted by molar-refractivity contribution is 5.78. The number of rotatable bonds is 4. The van der Waals surface area contributed by atoms with Gasteiger partial charge in [-0.15, -0.1) is 0 Å². The molecule has 0 bridgehead atoms. The van der Waals surface area contributed by atoms with E-state index in [2.05, 4.69) is 5.10 Å². The van der Waals surface area contributed by atoms with Crippen LogP contribution in [-0.2, 0) is 9.53 Å². The van der Waals surface area contributed by atoms with Gasteiger partial charge in [0.25, 0.3) is 0 Å². The number of carbonyl (C=O) groups is 1. The molecule has 0 amide bonds. The lowest BCUT2D eigenvalue weighted by Crippen LogP contribution is -2.24. The second kappa shape index (κ2) is 6.05. The molecule has 1 aromatic heterocycles. The molecule has 112 valence electrons. The molecule has 0 aliphatic carbocycles. The largest absolute Gasteiger partial charge is 0.465 e. The Morgan fingerprint density at radius 1 is 1.38 bits per heavy atom. The number of benzene rings is 1. The van der Waals surface area contributed by atoms with E-state index in [1.807, 2.05) is 6.92 Å². The van der Waals surface area contributed by atoms with Crippen LogP contribution >= 0.6 is 0 Å². The predicted molar refractivity (Wildman–Crippen MR) is 76.6 cm³/mol. The Kier molecular flexibility index (Phi) is 4.37. The summed E-state index contributed by atoms with van der Waals surface area (Å²) in [5.41, 5.74) is 8.68. The van der Waals surface area contributed by atoms with Crippen molar-refractivity contribution in [2.45, 2.75) is 26.8 Å². The lowest BCUT2D eigenvalue weighted by Gasteiger charge is -2.11. The lowest BCUT2D eigenvalue weighted by atomic mass is 10.1. The van der Waals surface area contributed by atoms with E-state index in [0.29, 0.717) is 16.9 Å². The summed E-state index contributed by atoms with van der Waals surface area (Å²) in [7, 11) is 0. The number of nitrogens with two attached hydrogens (primary N) is 1. The van der Waals surface area contributed by atoms with Crippen molar-refractivity contribution in [1.29, 1.82) is 0 Å². The Morgan fingerprint density at radius 3 is 2.57 bits per heavy atom. The van der Waals surface area contributed by atoms with Crippen LogP contribution in [0.4, 0.5) is 4.39 Å². The Balaban J connectivity index is 2.42. The fourth-order valence-corrected chi connectivity index (χ4v) is 2.29. The van der Waals surface area contributed by atoms with Gasteiger partial charge in [-0.25, -0.2) is 13.9 Å². The van der Waals surface area contributed by atoms with E-state index in [-0.39, 0.29) is 12.4 Å². The van der Waals surface area contributed by atoms with E-state index >= 15 is 0 Å². The summed E-state index contributed by atoms with van der Waals surface area (Å²) >= 11 is 0. The highest BCUT2D eigenvalue weighted by atomic mass is 19.1. The number of hydrogen-bond acceptors (Lipinski definition) is 4. The van der Waals surface area contributed by atoms with Gasteiger partial charge in [0.2, 0.25) is 0 Å². The maximum absolute atomic E-state index is 13.0. The van der Waals surface area contributed by atoms with Crippen molar-refractivity contribution in [1.82, 2.24) is 9.78 Å². The highest BCUT2D eigenvalue weighted by Gasteiger charge is 2.25. The molecule has 2 N–H and O–H groups in total. The van der Waals surface area contributed by atoms with Crippen LogP contribution in [0.3, 0.4) is 0 Å². The highest BCUT2D eigenvalue weighted by Crippen LogP contribution is 2.23. The van der Waals surface area contributed by atoms with Gasteiger partial charge in [0.05, 0.1) is 18.0 Å². The number of nitrogens with zero attached hydrogens (tertiary/aromatic N) is 2. The van der Waals surface area contributed by atoms with Crippen molar-refractivity contribution in [2.75, 3.05) is 6.61 Å². The zero-order valence-electron chi connectivity index (χ0n) is 12.3. The van der Waals surface area contributed by atoms with E-state index in [1.54, 1.807) is 30.7 Å². The molecule has 1 unspecified atom stereocenters. The molecular formula is C15H18FN3O2. The average Bonchev–Trinajstić information content (AvgIpc) is 2.74. The molecule has 1 aromatic carbocycles. The molecule has 6 heteroatoms. The molecule has 1 heterocycles. The SMILES string of the molecule is CCOC(=O)C(N)c1c(C)nn(-c2ccc(F)cc2)c1C. The molecule has 0 saturated carbocycles. The van der Waals surface area contributed by atoms with Crippen molar-refractivity contribution in [3.63, 3.8) is 0 Å². The minimum atomic E-state index is -0.876. The fourth-order valence-electron chi connectivity index (χ4n) is 2.29. The molecule has 0 spiro atoms. The van der Waals surface area contributed by atoms with Crippen LogP contribution in [0.25, 0.3) is 5.69 Å². The summed E-state index contributed by atoms with van der Waals surface area (Å²) in [5.74, 6) is -0.800. The maximum Gasteiger partial charge on any atom is 0.327 e. The molecule has 5 nitrogen and oxygen atoms in total. The summed E-state index contributed by atoms with van der Waals surface area (Å²) in [6.45, 7) is 5.60. The summed E-state index contributed by atoms with van der Waals surface area (Å²) in [6.07, 6.45) is 0. The monoisotopic (exact) mass is 291 g/mol. The van der Waals surface area contributed by atoms with Crippen LogP contribution in [0, 0.1) is 19.7 Å². The number of halogens is 1. The third-order valence-corrected chi connectivity index (χ3v) is 3.27. The van der Waals surface area contributed by atoms with Gasteiger partial charge in [0.1, 0.15) is 11.9 Å². The molecule has 0 fully saturated rings. The molecule has 0 radical (unpaired) electrons. The first-order valence-electron chi connectivity index (χ1n) is 6.70. The van der Waals surface area contributed by atoms with Gasteiger partial charge >= 0.3 is 5.97 Å². The Hall–Kier alpha value is -2.21. The minimum absolute atomic E-state index is 0.275. The van der Waals surface area contributed by atoms with E-state index in [9.17, 15) is 9.18 Å². The maximum atomic E-state index is 13.0. The number of aryl methyl sites for hydroxylation is 1. The van der Waals surface area contributed by atoms with Crippen LogP contribution in [0.2, 0.25) is 0 Å². The van der Waals surface area contributed by atoms with Crippen LogP contribution < -0.4 is 5.73 Å². The van der Waals surface area contributed by atoms with Crippen LogP contribution in [0.5, 0.6) is 0 Å². The standard InChI is InChI=1S/C15H18FN3O2/c1-4-21-15(20)14(17)13-9(2)18-19(10(13)3)12-7-5-11(16)6-8-12/h5-8,14H,4,17H2,1-3H3. The van der Waals surface area contributed by atoms with Crippen molar-refractivity contribution >= 4 is 5.97 Å². The summed E-state index contributed by atoms with van der Waals surface area (Å²) in [4.78, 5) is 11.8. The molecule has 1 atom stereocenters. The van der Waals surface area contributed by atoms with E-state index in [4.69, 9.17) is 10.5 Å². The van der Waals surface area contributed by atoms with Gasteiger partial charge in [-0.2, -0.15) is 5.10 Å². The topological polar surface area (TPSA) is 70.1 Å². The molecule has 0 saturated heterocycles. The van der Waals surface area contributed by atoms with Crippen molar-refractivity contribution in [3.05, 3.63) is 47.0 Å². The Labute approximate surface area is 122 Å². The van der Waals surface area contributed by atoms with Gasteiger partial charge in [-0.3, -0.25) is 0 Å². The molecular weight excluding hydrogens is 273 g/mol. The zero-order chi connectivity index (χ0) is 15.6. The molecule has 0 aliphatic rings. The number of esters is 1. The van der Waals surface area contributed by atoms with Crippen molar-refractivity contribution in [3.8, 4) is 5.69 Å². The second-order valence-corrected chi connectivity index (χ2v) is 4.70. The van der Waals surface area contributed by atoms with Gasteiger partial charge in [-0.05, 0) is 45.0 Å². The van der Waals surface area contributed by atoms with Crippen LogP contribution in [0.1, 0.15) is 29.9 Å². The number of aromatic nitrogens is 2. The van der Waals surface area contributed by atoms with Crippen LogP contribution in [0.15, 0.2) is 24.3 Å². The minimum Gasteiger partial charge on any atom is -0.465 e. The Morgan fingerprint density at radius 2 is 2.00 bits per heavy atom. The second-order valence-electron chi connectivity index (χ2n) is 4.70. The third-order valence-electron chi connectivity index (χ3n) is 3.27. The molecule has 2 rings (SSSR count). The van der Waals surface area contributed by atoms with E-state index in [1.165, 1.54) is 12.1 Å². The van der Waals surface area contributed by atoms with Crippen LogP contribution in [-0.4, -0.2) is 22.4 Å². The number of hydrogen-bond donors (Lipinski definition) is 1. The quantitative estimate of drug-likeness (QED) is 0.877. The van der Waals surface area contributed by atoms with Gasteiger partial charge in [0.15, 0.2) is 0 Å². The fraction of sp³-hybridized carbons (Fsp3) is 0.333. The third kappa shape index (κ3) is 2.95. The van der Waals surface area contributed by atoms with E-state index < -0.39 is 12.0 Å². The molecule has 0 aliphatic heterocycles. The van der Waals surface area contributed by atoms with Crippen molar-refractivity contribution in [2.24, 2.45) is 5.73 Å². The van der Waals surface area contributed by atoms with E-state index in [0.717, 1.165) is 5.69 Å². The summed E-state index contributed by atoms with van der Waals surface area (Å²) in [5, 5.41) is 4.38. The van der Waals surface area contributed by atoms with Gasteiger partial charge in [0, 0.05) is 11.3 Å². The predicted octanol–water partition coefficient (Wildman–Crippen LogP) is 2.19. The zero-order valence-corrected chi connectivity index (χ0v) is 12.3. The Bertz CT molecular complexity index is 650. The summed E-state index contributed by atoms with van der Waals surface area (Å²) in [6, 6.07) is 5.08. The lowest BCUT2D eigenvalue weighted by molar-refractivity contribution is -0.144. The number of carbonyl (C=O) groups excluding carboxylic acids is 1. The first-order chi connectivity index (χ1) is 9.95. The normalized spacial score (nSPS) is 12.2. The first-order valence-corrected chi connectivity index (χ1v) is 6.70. The summed E-state index contributed by atoms with van der Waals surface area (Å²) < 4.78 is 19.6. The average molecular weight is 291 g/mol. The van der Waals surface area contributed by atoms with Gasteiger partial charge < -0.3 is 10.5 Å².